The van der Waals surface area contributed by atoms with E-state index in [2.05, 4.69) is 5.32 Å². The summed E-state index contributed by atoms with van der Waals surface area (Å²) in [4.78, 5) is 14.2. The van der Waals surface area contributed by atoms with Gasteiger partial charge in [0.05, 0.1) is 12.8 Å². The number of benzene rings is 1. The zero-order chi connectivity index (χ0) is 16.7. The SMILES string of the molecule is COc1ccccc1N/C=C(/C#N)C(=O)N(C)C1CCCCC1. The van der Waals surface area contributed by atoms with Crippen LogP contribution in [0.3, 0.4) is 0 Å². The van der Waals surface area contributed by atoms with Gasteiger partial charge in [-0.3, -0.25) is 4.79 Å². The number of nitrogens with zero attached hydrogens (tertiary/aromatic N) is 2. The molecule has 0 saturated heterocycles. The van der Waals surface area contributed by atoms with Crippen molar-refractivity contribution in [3.8, 4) is 11.8 Å². The maximum absolute atomic E-state index is 12.5. The van der Waals surface area contributed by atoms with Gasteiger partial charge in [0.1, 0.15) is 17.4 Å². The number of carbonyl (C=O) groups is 1. The monoisotopic (exact) mass is 313 g/mol. The molecule has 0 heterocycles. The second-order valence-electron chi connectivity index (χ2n) is 5.72. The Hall–Kier alpha value is -2.48. The number of anilines is 1. The molecule has 1 aliphatic rings. The summed E-state index contributed by atoms with van der Waals surface area (Å²) in [5.41, 5.74) is 0.819. The molecule has 1 fully saturated rings. The van der Waals surface area contributed by atoms with Crippen molar-refractivity contribution in [2.24, 2.45) is 0 Å². The summed E-state index contributed by atoms with van der Waals surface area (Å²) in [7, 11) is 3.37. The van der Waals surface area contributed by atoms with Crippen LogP contribution in [0.1, 0.15) is 32.1 Å². The number of nitriles is 1. The van der Waals surface area contributed by atoms with E-state index in [1.54, 1.807) is 19.1 Å². The number of para-hydroxylation sites is 2. The molecular formula is C18H23N3O2. The van der Waals surface area contributed by atoms with Gasteiger partial charge in [-0.25, -0.2) is 0 Å². The fraction of sp³-hybridized carbons (Fsp3) is 0.444. The Labute approximate surface area is 137 Å². The molecule has 23 heavy (non-hydrogen) atoms. The average Bonchev–Trinajstić information content (AvgIpc) is 2.62. The molecule has 0 aliphatic heterocycles. The van der Waals surface area contributed by atoms with Gasteiger partial charge < -0.3 is 15.0 Å². The minimum absolute atomic E-state index is 0.101. The van der Waals surface area contributed by atoms with Crippen LogP contribution >= 0.6 is 0 Å². The molecule has 0 aromatic heterocycles. The van der Waals surface area contributed by atoms with Crippen molar-refractivity contribution in [3.05, 3.63) is 36.0 Å². The minimum Gasteiger partial charge on any atom is -0.495 e. The molecule has 122 valence electrons. The molecule has 0 spiro atoms. The first-order valence-corrected chi connectivity index (χ1v) is 7.94. The zero-order valence-corrected chi connectivity index (χ0v) is 13.7. The van der Waals surface area contributed by atoms with Crippen molar-refractivity contribution < 1.29 is 9.53 Å². The summed E-state index contributed by atoms with van der Waals surface area (Å²) in [5.74, 6) is 0.427. The highest BCUT2D eigenvalue weighted by atomic mass is 16.5. The van der Waals surface area contributed by atoms with E-state index in [0.717, 1.165) is 31.4 Å². The Morgan fingerprint density at radius 1 is 1.35 bits per heavy atom. The van der Waals surface area contributed by atoms with Crippen LogP contribution in [0.15, 0.2) is 36.0 Å². The van der Waals surface area contributed by atoms with Crippen LogP contribution in [0.5, 0.6) is 5.75 Å². The largest absolute Gasteiger partial charge is 0.495 e. The molecule has 1 N–H and O–H groups in total. The lowest BCUT2D eigenvalue weighted by Crippen LogP contribution is -2.39. The van der Waals surface area contributed by atoms with E-state index in [9.17, 15) is 10.1 Å². The number of nitrogens with one attached hydrogen (secondary N) is 1. The van der Waals surface area contributed by atoms with Gasteiger partial charge >= 0.3 is 0 Å². The Kier molecular flexibility index (Phi) is 6.04. The first kappa shape index (κ1) is 16.9. The lowest BCUT2D eigenvalue weighted by Gasteiger charge is -2.31. The molecule has 5 heteroatoms. The lowest BCUT2D eigenvalue weighted by molar-refractivity contribution is -0.128. The van der Waals surface area contributed by atoms with Crippen LogP contribution in [0, 0.1) is 11.3 Å². The smallest absolute Gasteiger partial charge is 0.266 e. The molecule has 1 saturated carbocycles. The van der Waals surface area contributed by atoms with Gasteiger partial charge in [0.15, 0.2) is 0 Å². The van der Waals surface area contributed by atoms with Crippen molar-refractivity contribution in [2.45, 2.75) is 38.1 Å². The first-order valence-electron chi connectivity index (χ1n) is 7.94. The Morgan fingerprint density at radius 2 is 2.04 bits per heavy atom. The number of hydrogen-bond donors (Lipinski definition) is 1. The summed E-state index contributed by atoms with van der Waals surface area (Å²) >= 11 is 0. The normalized spacial score (nSPS) is 15.6. The number of rotatable bonds is 5. The molecule has 1 amide bonds. The predicted molar refractivity (Wildman–Crippen MR) is 90.0 cm³/mol. The van der Waals surface area contributed by atoms with Crippen LogP contribution in [0.2, 0.25) is 0 Å². The van der Waals surface area contributed by atoms with Gasteiger partial charge in [0.2, 0.25) is 0 Å². The Balaban J connectivity index is 2.08. The third kappa shape index (κ3) is 4.26. The maximum atomic E-state index is 12.5. The summed E-state index contributed by atoms with van der Waals surface area (Å²) in [6.07, 6.45) is 7.01. The average molecular weight is 313 g/mol. The number of hydrogen-bond acceptors (Lipinski definition) is 4. The predicted octanol–water partition coefficient (Wildman–Crippen LogP) is 3.31. The summed E-state index contributed by atoms with van der Waals surface area (Å²) in [6.45, 7) is 0. The minimum atomic E-state index is -0.234. The van der Waals surface area contributed by atoms with E-state index in [0.29, 0.717) is 5.75 Å². The fourth-order valence-corrected chi connectivity index (χ4v) is 2.88. The second kappa shape index (κ2) is 8.23. The molecule has 1 aromatic carbocycles. The summed E-state index contributed by atoms with van der Waals surface area (Å²) in [5, 5.41) is 12.3. The lowest BCUT2D eigenvalue weighted by atomic mass is 9.94. The van der Waals surface area contributed by atoms with Crippen molar-refractivity contribution >= 4 is 11.6 Å². The van der Waals surface area contributed by atoms with Crippen molar-refractivity contribution in [2.75, 3.05) is 19.5 Å². The number of amides is 1. The summed E-state index contributed by atoms with van der Waals surface area (Å²) in [6, 6.07) is 9.61. The van der Waals surface area contributed by atoms with Crippen molar-refractivity contribution in [3.63, 3.8) is 0 Å². The molecule has 0 atom stereocenters. The Bertz CT molecular complexity index is 613. The molecule has 1 aliphatic carbocycles. The van der Waals surface area contributed by atoms with Gasteiger partial charge in [0, 0.05) is 19.3 Å². The highest BCUT2D eigenvalue weighted by molar-refractivity contribution is 5.97. The highest BCUT2D eigenvalue weighted by Crippen LogP contribution is 2.24. The third-order valence-corrected chi connectivity index (χ3v) is 4.27. The molecular weight excluding hydrogens is 290 g/mol. The van der Waals surface area contributed by atoms with Gasteiger partial charge in [-0.05, 0) is 25.0 Å². The van der Waals surface area contributed by atoms with E-state index >= 15 is 0 Å². The second-order valence-corrected chi connectivity index (χ2v) is 5.72. The molecule has 0 radical (unpaired) electrons. The van der Waals surface area contributed by atoms with Crippen molar-refractivity contribution in [1.29, 1.82) is 5.26 Å². The quantitative estimate of drug-likeness (QED) is 0.669. The Morgan fingerprint density at radius 3 is 2.70 bits per heavy atom. The van der Waals surface area contributed by atoms with E-state index in [-0.39, 0.29) is 17.5 Å². The molecule has 5 nitrogen and oxygen atoms in total. The van der Waals surface area contributed by atoms with Crippen molar-refractivity contribution in [1.82, 2.24) is 4.90 Å². The van der Waals surface area contributed by atoms with Gasteiger partial charge in [0.25, 0.3) is 5.91 Å². The van der Waals surface area contributed by atoms with Crippen LogP contribution in [-0.2, 0) is 4.79 Å². The van der Waals surface area contributed by atoms with E-state index in [1.165, 1.54) is 12.6 Å². The summed E-state index contributed by atoms with van der Waals surface area (Å²) < 4.78 is 5.24. The maximum Gasteiger partial charge on any atom is 0.266 e. The molecule has 2 rings (SSSR count). The van der Waals surface area contributed by atoms with E-state index in [4.69, 9.17) is 4.74 Å². The first-order chi connectivity index (χ1) is 11.2. The molecule has 0 bridgehead atoms. The highest BCUT2D eigenvalue weighted by Gasteiger charge is 2.24. The number of likely N-dealkylation sites (N-methyl/N-ethyl adjacent to an activating group) is 1. The van der Waals surface area contributed by atoms with Crippen LogP contribution in [0.4, 0.5) is 5.69 Å². The standard InChI is InChI=1S/C18H23N3O2/c1-21(15-8-4-3-5-9-15)18(22)14(12-19)13-20-16-10-6-7-11-17(16)23-2/h6-7,10-11,13,15,20H,3-5,8-9H2,1-2H3/b14-13-. The van der Waals surface area contributed by atoms with Crippen LogP contribution in [-0.4, -0.2) is 31.0 Å². The van der Waals surface area contributed by atoms with Crippen LogP contribution < -0.4 is 10.1 Å². The van der Waals surface area contributed by atoms with Crippen LogP contribution in [0.25, 0.3) is 0 Å². The topological polar surface area (TPSA) is 65.4 Å². The molecule has 0 unspecified atom stereocenters. The number of carbonyl (C=O) groups excluding carboxylic acids is 1. The zero-order valence-electron chi connectivity index (χ0n) is 13.7. The van der Waals surface area contributed by atoms with Gasteiger partial charge in [-0.1, -0.05) is 31.4 Å². The van der Waals surface area contributed by atoms with E-state index in [1.807, 2.05) is 30.3 Å². The van der Waals surface area contributed by atoms with Gasteiger partial charge in [-0.15, -0.1) is 0 Å². The van der Waals surface area contributed by atoms with Gasteiger partial charge in [-0.2, -0.15) is 5.26 Å². The fourth-order valence-electron chi connectivity index (χ4n) is 2.88. The number of methoxy groups -OCH3 is 1. The van der Waals surface area contributed by atoms with E-state index < -0.39 is 0 Å². The third-order valence-electron chi connectivity index (χ3n) is 4.27. The molecule has 1 aromatic rings. The number of ether oxygens (including phenoxy) is 1.